The molecule has 4 nitrogen and oxygen atoms in total. The van der Waals surface area contributed by atoms with Crippen LogP contribution in [0.3, 0.4) is 0 Å². The molecule has 0 saturated carbocycles. The van der Waals surface area contributed by atoms with Crippen LogP contribution in [0.25, 0.3) is 0 Å². The van der Waals surface area contributed by atoms with Crippen LogP contribution in [0.5, 0.6) is 0 Å². The summed E-state index contributed by atoms with van der Waals surface area (Å²) in [6, 6.07) is 2.88. The third-order valence-electron chi connectivity index (χ3n) is 1.92. The highest BCUT2D eigenvalue weighted by Crippen LogP contribution is 2.28. The SMILES string of the molecule is CC(Nc1cc([N+](=O)[O-])ccc1Br)C(F)F. The molecule has 1 rings (SSSR count). The highest BCUT2D eigenvalue weighted by Gasteiger charge is 2.17. The Morgan fingerprint density at radius 1 is 1.50 bits per heavy atom. The smallest absolute Gasteiger partial charge is 0.271 e. The van der Waals surface area contributed by atoms with Crippen LogP contribution in [0.4, 0.5) is 20.2 Å². The number of nitrogens with zero attached hydrogens (tertiary/aromatic N) is 1. The van der Waals surface area contributed by atoms with E-state index in [0.717, 1.165) is 0 Å². The van der Waals surface area contributed by atoms with Crippen molar-refractivity contribution in [1.82, 2.24) is 0 Å². The van der Waals surface area contributed by atoms with E-state index in [1.165, 1.54) is 25.1 Å². The maximum atomic E-state index is 12.3. The van der Waals surface area contributed by atoms with E-state index in [2.05, 4.69) is 21.2 Å². The van der Waals surface area contributed by atoms with Gasteiger partial charge in [-0.1, -0.05) is 0 Å². The highest BCUT2D eigenvalue weighted by atomic mass is 79.9. The standard InChI is InChI=1S/C9H9BrF2N2O2/c1-5(9(11)12)13-8-4-6(14(15)16)2-3-7(8)10/h2-5,9,13H,1H3. The van der Waals surface area contributed by atoms with Crippen LogP contribution in [0.1, 0.15) is 6.92 Å². The van der Waals surface area contributed by atoms with E-state index in [1.807, 2.05) is 0 Å². The molecule has 0 aromatic heterocycles. The van der Waals surface area contributed by atoms with Gasteiger partial charge < -0.3 is 5.32 Å². The van der Waals surface area contributed by atoms with Gasteiger partial charge in [0.05, 0.1) is 16.7 Å². The summed E-state index contributed by atoms with van der Waals surface area (Å²) < 4.78 is 25.1. The average molecular weight is 295 g/mol. The average Bonchev–Trinajstić information content (AvgIpc) is 2.20. The number of anilines is 1. The summed E-state index contributed by atoms with van der Waals surface area (Å²) in [4.78, 5) is 9.92. The van der Waals surface area contributed by atoms with Crippen LogP contribution < -0.4 is 5.32 Å². The molecule has 1 aromatic carbocycles. The van der Waals surface area contributed by atoms with Crippen molar-refractivity contribution in [3.8, 4) is 0 Å². The molecule has 0 spiro atoms. The predicted octanol–water partition coefficient (Wildman–Crippen LogP) is 3.42. The van der Waals surface area contributed by atoms with Gasteiger partial charge >= 0.3 is 0 Å². The predicted molar refractivity (Wildman–Crippen MR) is 59.9 cm³/mol. The molecule has 0 amide bonds. The number of halogens is 3. The number of nitro benzene ring substituents is 1. The van der Waals surface area contributed by atoms with Gasteiger partial charge in [-0.2, -0.15) is 0 Å². The first kappa shape index (κ1) is 12.8. The molecule has 16 heavy (non-hydrogen) atoms. The molecule has 1 N–H and O–H groups in total. The van der Waals surface area contributed by atoms with Crippen molar-refractivity contribution in [3.63, 3.8) is 0 Å². The van der Waals surface area contributed by atoms with Crippen molar-refractivity contribution in [2.75, 3.05) is 5.32 Å². The minimum Gasteiger partial charge on any atom is -0.376 e. The number of benzene rings is 1. The van der Waals surface area contributed by atoms with E-state index >= 15 is 0 Å². The fourth-order valence-corrected chi connectivity index (χ4v) is 1.41. The monoisotopic (exact) mass is 294 g/mol. The molecule has 1 unspecified atom stereocenters. The van der Waals surface area contributed by atoms with Gasteiger partial charge in [-0.05, 0) is 28.9 Å². The van der Waals surface area contributed by atoms with Crippen molar-refractivity contribution < 1.29 is 13.7 Å². The first-order valence-corrected chi connectivity index (χ1v) is 5.19. The maximum absolute atomic E-state index is 12.3. The molecule has 7 heteroatoms. The van der Waals surface area contributed by atoms with Crippen LogP contribution in [0.2, 0.25) is 0 Å². The van der Waals surface area contributed by atoms with E-state index in [4.69, 9.17) is 0 Å². The second kappa shape index (κ2) is 5.20. The number of hydrogen-bond donors (Lipinski definition) is 1. The summed E-state index contributed by atoms with van der Waals surface area (Å²) in [5.41, 5.74) is 0.133. The Balaban J connectivity index is 2.94. The first-order valence-electron chi connectivity index (χ1n) is 4.40. The minimum absolute atomic E-state index is 0.146. The number of non-ortho nitro benzene ring substituents is 1. The van der Waals surface area contributed by atoms with Gasteiger partial charge in [-0.3, -0.25) is 10.1 Å². The Hall–Kier alpha value is -1.24. The van der Waals surface area contributed by atoms with Crippen molar-refractivity contribution in [2.24, 2.45) is 0 Å². The molecular weight excluding hydrogens is 286 g/mol. The summed E-state index contributed by atoms with van der Waals surface area (Å²) in [6.07, 6.45) is -2.54. The Bertz CT molecular complexity index is 401. The second-order valence-electron chi connectivity index (χ2n) is 3.19. The number of alkyl halides is 2. The lowest BCUT2D eigenvalue weighted by molar-refractivity contribution is -0.384. The lowest BCUT2D eigenvalue weighted by atomic mass is 10.2. The molecule has 0 bridgehead atoms. The van der Waals surface area contributed by atoms with Crippen LogP contribution in [0.15, 0.2) is 22.7 Å². The topological polar surface area (TPSA) is 55.2 Å². The quantitative estimate of drug-likeness (QED) is 0.684. The highest BCUT2D eigenvalue weighted by molar-refractivity contribution is 9.10. The fraction of sp³-hybridized carbons (Fsp3) is 0.333. The zero-order valence-electron chi connectivity index (χ0n) is 8.28. The number of nitro groups is 1. The molecule has 0 heterocycles. The third kappa shape index (κ3) is 3.13. The van der Waals surface area contributed by atoms with E-state index in [0.29, 0.717) is 4.47 Å². The molecule has 1 atom stereocenters. The Kier molecular flexibility index (Phi) is 4.17. The lowest BCUT2D eigenvalue weighted by Gasteiger charge is -2.15. The summed E-state index contributed by atoms with van der Waals surface area (Å²) in [7, 11) is 0. The van der Waals surface area contributed by atoms with Crippen LogP contribution in [-0.2, 0) is 0 Å². The normalized spacial score (nSPS) is 12.6. The van der Waals surface area contributed by atoms with Crippen molar-refractivity contribution >= 4 is 27.3 Å². The molecule has 0 aliphatic heterocycles. The Morgan fingerprint density at radius 3 is 2.62 bits per heavy atom. The molecule has 0 radical (unpaired) electrons. The summed E-state index contributed by atoms with van der Waals surface area (Å²) >= 11 is 3.13. The van der Waals surface area contributed by atoms with Gasteiger partial charge in [0, 0.05) is 16.6 Å². The molecule has 88 valence electrons. The van der Waals surface area contributed by atoms with Crippen molar-refractivity contribution in [3.05, 3.63) is 32.8 Å². The molecule has 0 saturated heterocycles. The van der Waals surface area contributed by atoms with Gasteiger partial charge in [0.1, 0.15) is 0 Å². The van der Waals surface area contributed by atoms with Crippen molar-refractivity contribution in [2.45, 2.75) is 19.4 Å². The third-order valence-corrected chi connectivity index (χ3v) is 2.61. The van der Waals surface area contributed by atoms with Crippen LogP contribution in [-0.4, -0.2) is 17.4 Å². The Labute approximate surface area is 98.9 Å². The van der Waals surface area contributed by atoms with E-state index in [-0.39, 0.29) is 11.4 Å². The minimum atomic E-state index is -2.54. The van der Waals surface area contributed by atoms with Gasteiger partial charge in [0.25, 0.3) is 12.1 Å². The zero-order chi connectivity index (χ0) is 12.3. The molecule has 0 fully saturated rings. The van der Waals surface area contributed by atoms with E-state index in [1.54, 1.807) is 0 Å². The van der Waals surface area contributed by atoms with Gasteiger partial charge in [-0.15, -0.1) is 0 Å². The molecule has 1 aromatic rings. The van der Waals surface area contributed by atoms with Crippen LogP contribution in [0, 0.1) is 10.1 Å². The van der Waals surface area contributed by atoms with Gasteiger partial charge in [-0.25, -0.2) is 8.78 Å². The number of hydrogen-bond acceptors (Lipinski definition) is 3. The summed E-state index contributed by atoms with van der Waals surface area (Å²) in [5.74, 6) is 0. The summed E-state index contributed by atoms with van der Waals surface area (Å²) in [5, 5.41) is 13.0. The first-order chi connectivity index (χ1) is 7.41. The van der Waals surface area contributed by atoms with E-state index < -0.39 is 17.4 Å². The van der Waals surface area contributed by atoms with Crippen LogP contribution >= 0.6 is 15.9 Å². The molecule has 0 aliphatic rings. The lowest BCUT2D eigenvalue weighted by Crippen LogP contribution is -2.23. The van der Waals surface area contributed by atoms with Crippen molar-refractivity contribution in [1.29, 1.82) is 0 Å². The zero-order valence-corrected chi connectivity index (χ0v) is 9.87. The number of nitrogens with one attached hydrogen (secondary N) is 1. The Morgan fingerprint density at radius 2 is 2.12 bits per heavy atom. The second-order valence-corrected chi connectivity index (χ2v) is 4.04. The van der Waals surface area contributed by atoms with Gasteiger partial charge in [0.15, 0.2) is 0 Å². The summed E-state index contributed by atoms with van der Waals surface area (Å²) in [6.45, 7) is 1.30. The maximum Gasteiger partial charge on any atom is 0.271 e. The largest absolute Gasteiger partial charge is 0.376 e. The van der Waals surface area contributed by atoms with E-state index in [9.17, 15) is 18.9 Å². The fourth-order valence-electron chi connectivity index (χ4n) is 1.05. The van der Waals surface area contributed by atoms with Gasteiger partial charge in [0.2, 0.25) is 0 Å². The number of rotatable bonds is 4. The molecular formula is C9H9BrF2N2O2. The molecule has 0 aliphatic carbocycles.